The minimum Gasteiger partial charge on any atom is -0.381 e. The molecule has 1 atom stereocenters. The van der Waals surface area contributed by atoms with Gasteiger partial charge in [0.05, 0.1) is 6.61 Å². The van der Waals surface area contributed by atoms with Gasteiger partial charge in [0.25, 0.3) is 0 Å². The largest absolute Gasteiger partial charge is 0.381 e. The van der Waals surface area contributed by atoms with Crippen molar-refractivity contribution in [1.29, 1.82) is 0 Å². The maximum atomic E-state index is 5.50. The van der Waals surface area contributed by atoms with Gasteiger partial charge in [0.1, 0.15) is 10.5 Å². The van der Waals surface area contributed by atoms with E-state index in [-0.39, 0.29) is 0 Å². The fraction of sp³-hybridized carbons (Fsp3) is 0.667. The normalized spacial score (nSPS) is 24.4. The van der Waals surface area contributed by atoms with E-state index < -0.39 is 0 Å². The molecule has 0 spiro atoms. The van der Waals surface area contributed by atoms with Gasteiger partial charge in [-0.25, -0.2) is 4.98 Å². The molecule has 2 aliphatic rings. The predicted molar refractivity (Wildman–Crippen MR) is 64.2 cm³/mol. The van der Waals surface area contributed by atoms with Gasteiger partial charge in [-0.3, -0.25) is 0 Å². The predicted octanol–water partition coefficient (Wildman–Crippen LogP) is 2.52. The quantitative estimate of drug-likeness (QED) is 0.761. The van der Waals surface area contributed by atoms with Crippen molar-refractivity contribution < 1.29 is 4.74 Å². The van der Waals surface area contributed by atoms with E-state index in [2.05, 4.69) is 9.97 Å². The summed E-state index contributed by atoms with van der Waals surface area (Å²) in [6, 6.07) is 0. The second kappa shape index (κ2) is 4.26. The van der Waals surface area contributed by atoms with Crippen molar-refractivity contribution in [2.24, 2.45) is 0 Å². The molecular formula is C12H16N2OS. The van der Waals surface area contributed by atoms with Gasteiger partial charge >= 0.3 is 0 Å². The van der Waals surface area contributed by atoms with Crippen LogP contribution in [0.5, 0.6) is 0 Å². The molecule has 1 aromatic rings. The molecule has 0 saturated carbocycles. The molecule has 3 rings (SSSR count). The number of hydrogen-bond donors (Lipinski definition) is 1. The van der Waals surface area contributed by atoms with Crippen molar-refractivity contribution in [3.05, 3.63) is 21.7 Å². The molecule has 2 heterocycles. The molecule has 86 valence electrons. The third kappa shape index (κ3) is 1.80. The Hall–Kier alpha value is -0.740. The number of H-pyrrole nitrogens is 1. The third-order valence-corrected chi connectivity index (χ3v) is 3.86. The summed E-state index contributed by atoms with van der Waals surface area (Å²) in [7, 11) is 0. The van der Waals surface area contributed by atoms with Gasteiger partial charge in [0.2, 0.25) is 0 Å². The highest BCUT2D eigenvalue weighted by Crippen LogP contribution is 2.26. The Morgan fingerprint density at radius 3 is 3.06 bits per heavy atom. The van der Waals surface area contributed by atoms with Crippen LogP contribution in [0.25, 0.3) is 0 Å². The molecule has 0 amide bonds. The standard InChI is InChI=1S/C12H16N2OS/c16-12-9-4-1-5-10(9)13-11(14-12)8-3-2-6-15-7-8/h8H,1-7H2,(H,13,14,16). The van der Waals surface area contributed by atoms with Gasteiger partial charge in [-0.2, -0.15) is 0 Å². The monoisotopic (exact) mass is 236 g/mol. The molecule has 1 aliphatic carbocycles. The summed E-state index contributed by atoms with van der Waals surface area (Å²) in [5.74, 6) is 1.46. The van der Waals surface area contributed by atoms with Crippen molar-refractivity contribution in [3.8, 4) is 0 Å². The second-order valence-corrected chi connectivity index (χ2v) is 5.04. The maximum Gasteiger partial charge on any atom is 0.133 e. The molecule has 1 saturated heterocycles. The summed E-state index contributed by atoms with van der Waals surface area (Å²) >= 11 is 5.36. The van der Waals surface area contributed by atoms with E-state index >= 15 is 0 Å². The van der Waals surface area contributed by atoms with Gasteiger partial charge < -0.3 is 9.72 Å². The molecule has 0 bridgehead atoms. The van der Waals surface area contributed by atoms with Crippen molar-refractivity contribution in [2.45, 2.75) is 38.0 Å². The number of ether oxygens (including phenoxy) is 1. The van der Waals surface area contributed by atoms with Gasteiger partial charge in [0.15, 0.2) is 0 Å². The lowest BCUT2D eigenvalue weighted by molar-refractivity contribution is 0.0779. The van der Waals surface area contributed by atoms with Crippen LogP contribution in [-0.4, -0.2) is 23.2 Å². The molecule has 1 N–H and O–H groups in total. The minimum atomic E-state index is 0.418. The zero-order valence-corrected chi connectivity index (χ0v) is 10.1. The maximum absolute atomic E-state index is 5.50. The molecule has 1 aliphatic heterocycles. The van der Waals surface area contributed by atoms with E-state index in [0.29, 0.717) is 5.92 Å². The Morgan fingerprint density at radius 2 is 2.25 bits per heavy atom. The molecule has 4 heteroatoms. The van der Waals surface area contributed by atoms with E-state index in [4.69, 9.17) is 17.0 Å². The van der Waals surface area contributed by atoms with Crippen molar-refractivity contribution in [3.63, 3.8) is 0 Å². The van der Waals surface area contributed by atoms with Gasteiger partial charge in [-0.15, -0.1) is 0 Å². The Balaban J connectivity index is 1.96. The minimum absolute atomic E-state index is 0.418. The number of aryl methyl sites for hydroxylation is 1. The average molecular weight is 236 g/mol. The Kier molecular flexibility index (Phi) is 2.77. The molecular weight excluding hydrogens is 220 g/mol. The number of aromatic nitrogens is 2. The van der Waals surface area contributed by atoms with Gasteiger partial charge in [0, 0.05) is 23.8 Å². The van der Waals surface area contributed by atoms with Crippen LogP contribution >= 0.6 is 12.2 Å². The van der Waals surface area contributed by atoms with E-state index in [1.54, 1.807) is 0 Å². The first-order valence-corrected chi connectivity index (χ1v) is 6.45. The number of hydrogen-bond acceptors (Lipinski definition) is 3. The zero-order valence-electron chi connectivity index (χ0n) is 9.29. The summed E-state index contributed by atoms with van der Waals surface area (Å²) in [6.45, 7) is 1.68. The highest BCUT2D eigenvalue weighted by atomic mass is 32.1. The first-order chi connectivity index (χ1) is 7.84. The Morgan fingerprint density at radius 1 is 1.31 bits per heavy atom. The van der Waals surface area contributed by atoms with E-state index in [1.807, 2.05) is 0 Å². The summed E-state index contributed by atoms with van der Waals surface area (Å²) in [5.41, 5.74) is 2.59. The fourth-order valence-electron chi connectivity index (χ4n) is 2.63. The van der Waals surface area contributed by atoms with Crippen LogP contribution < -0.4 is 0 Å². The van der Waals surface area contributed by atoms with Gasteiger partial charge in [-0.05, 0) is 32.1 Å². The van der Waals surface area contributed by atoms with Crippen LogP contribution in [0.1, 0.15) is 42.3 Å². The summed E-state index contributed by atoms with van der Waals surface area (Å²) in [5, 5.41) is 0. The lowest BCUT2D eigenvalue weighted by Crippen LogP contribution is -2.18. The first kappa shape index (κ1) is 10.4. The van der Waals surface area contributed by atoms with E-state index in [1.165, 1.54) is 17.7 Å². The van der Waals surface area contributed by atoms with Crippen LogP contribution in [-0.2, 0) is 17.6 Å². The van der Waals surface area contributed by atoms with Crippen LogP contribution in [0, 0.1) is 4.64 Å². The number of rotatable bonds is 1. The molecule has 16 heavy (non-hydrogen) atoms. The second-order valence-electron chi connectivity index (χ2n) is 4.65. The average Bonchev–Trinajstić information content (AvgIpc) is 2.79. The number of nitrogens with zero attached hydrogens (tertiary/aromatic N) is 1. The molecule has 3 nitrogen and oxygen atoms in total. The van der Waals surface area contributed by atoms with Crippen molar-refractivity contribution in [2.75, 3.05) is 13.2 Å². The Labute approximate surface area is 100 Å². The van der Waals surface area contributed by atoms with Crippen LogP contribution in [0.15, 0.2) is 0 Å². The summed E-state index contributed by atoms with van der Waals surface area (Å²) in [6.07, 6.45) is 5.73. The number of fused-ring (bicyclic) bond motifs is 1. The lowest BCUT2D eigenvalue weighted by Gasteiger charge is -2.21. The highest BCUT2D eigenvalue weighted by molar-refractivity contribution is 7.71. The van der Waals surface area contributed by atoms with Crippen LogP contribution in [0.3, 0.4) is 0 Å². The summed E-state index contributed by atoms with van der Waals surface area (Å²) in [4.78, 5) is 8.03. The van der Waals surface area contributed by atoms with Gasteiger partial charge in [-0.1, -0.05) is 12.2 Å². The topological polar surface area (TPSA) is 37.9 Å². The molecule has 1 unspecified atom stereocenters. The summed E-state index contributed by atoms with van der Waals surface area (Å²) < 4.78 is 6.31. The number of nitrogens with one attached hydrogen (secondary N) is 1. The van der Waals surface area contributed by atoms with Crippen LogP contribution in [0.4, 0.5) is 0 Å². The van der Waals surface area contributed by atoms with E-state index in [9.17, 15) is 0 Å². The zero-order chi connectivity index (χ0) is 11.0. The smallest absolute Gasteiger partial charge is 0.133 e. The molecule has 0 radical (unpaired) electrons. The molecule has 1 fully saturated rings. The first-order valence-electron chi connectivity index (χ1n) is 6.04. The van der Waals surface area contributed by atoms with Crippen molar-refractivity contribution >= 4 is 12.2 Å². The SMILES string of the molecule is S=c1nc(C2CCCOC2)[nH]c2c1CCC2. The van der Waals surface area contributed by atoms with Crippen molar-refractivity contribution in [1.82, 2.24) is 9.97 Å². The van der Waals surface area contributed by atoms with E-state index in [0.717, 1.165) is 49.4 Å². The molecule has 1 aromatic heterocycles. The number of aromatic amines is 1. The Bertz CT molecular complexity index is 449. The van der Waals surface area contributed by atoms with Crippen LogP contribution in [0.2, 0.25) is 0 Å². The molecule has 0 aromatic carbocycles. The fourth-order valence-corrected chi connectivity index (χ4v) is 2.95. The third-order valence-electron chi connectivity index (χ3n) is 3.52. The highest BCUT2D eigenvalue weighted by Gasteiger charge is 2.21. The lowest BCUT2D eigenvalue weighted by atomic mass is 10.0.